The van der Waals surface area contributed by atoms with Gasteiger partial charge in [-0.3, -0.25) is 4.98 Å². The van der Waals surface area contributed by atoms with E-state index in [1.165, 1.54) is 0 Å². The van der Waals surface area contributed by atoms with Gasteiger partial charge in [0.1, 0.15) is 0 Å². The van der Waals surface area contributed by atoms with E-state index >= 15 is 0 Å². The van der Waals surface area contributed by atoms with Crippen LogP contribution in [0.5, 0.6) is 0 Å². The van der Waals surface area contributed by atoms with Crippen LogP contribution in [0.4, 0.5) is 16.2 Å². The van der Waals surface area contributed by atoms with E-state index in [2.05, 4.69) is 26.3 Å². The number of unbranched alkanes of at least 4 members (excludes halogenated alkanes) is 1. The van der Waals surface area contributed by atoms with Crippen LogP contribution in [0.3, 0.4) is 0 Å². The van der Waals surface area contributed by atoms with Crippen molar-refractivity contribution in [2.24, 2.45) is 0 Å². The lowest BCUT2D eigenvalue weighted by atomic mass is 10.2. The molecule has 6 nitrogen and oxygen atoms in total. The lowest BCUT2D eigenvalue weighted by molar-refractivity contribution is 0.262. The summed E-state index contributed by atoms with van der Waals surface area (Å²) in [6, 6.07) is 19.2. The summed E-state index contributed by atoms with van der Waals surface area (Å²) in [4.78, 5) is 16.8. The molecular formula is C22H19N5O. The van der Waals surface area contributed by atoms with Crippen LogP contribution in [0.2, 0.25) is 0 Å². The molecule has 0 saturated heterocycles. The fourth-order valence-electron chi connectivity index (χ4n) is 3.29. The number of pyridine rings is 1. The van der Waals surface area contributed by atoms with Gasteiger partial charge in [0.2, 0.25) is 0 Å². The van der Waals surface area contributed by atoms with Gasteiger partial charge in [0.25, 0.3) is 0 Å². The molecule has 6 heteroatoms. The van der Waals surface area contributed by atoms with Gasteiger partial charge in [0.05, 0.1) is 17.3 Å². The second-order valence-corrected chi connectivity index (χ2v) is 6.50. The first-order valence-electron chi connectivity index (χ1n) is 9.12. The summed E-state index contributed by atoms with van der Waals surface area (Å²) in [7, 11) is 0. The minimum Gasteiger partial charge on any atom is -0.347 e. The topological polar surface area (TPSA) is 82.7 Å². The van der Waals surface area contributed by atoms with E-state index < -0.39 is 0 Å². The number of nitrogens with one attached hydrogen (secondary N) is 2. The Morgan fingerprint density at radius 2 is 2.00 bits per heavy atom. The van der Waals surface area contributed by atoms with Crippen molar-refractivity contribution >= 4 is 39.2 Å². The third kappa shape index (κ3) is 3.64. The molecule has 0 aliphatic carbocycles. The Morgan fingerprint density at radius 1 is 1.11 bits per heavy atom. The van der Waals surface area contributed by atoms with Crippen LogP contribution in [0.1, 0.15) is 12.8 Å². The van der Waals surface area contributed by atoms with Crippen molar-refractivity contribution in [3.8, 4) is 6.07 Å². The molecule has 0 saturated carbocycles. The van der Waals surface area contributed by atoms with Crippen molar-refractivity contribution in [2.75, 3.05) is 10.6 Å². The summed E-state index contributed by atoms with van der Waals surface area (Å²) in [5, 5.41) is 16.4. The quantitative estimate of drug-likeness (QED) is 0.478. The van der Waals surface area contributed by atoms with Crippen LogP contribution in [-0.2, 0) is 6.54 Å². The molecule has 0 radical (unpaired) electrons. The molecule has 2 N–H and O–H groups in total. The Morgan fingerprint density at radius 3 is 2.89 bits per heavy atom. The third-order valence-electron chi connectivity index (χ3n) is 4.61. The van der Waals surface area contributed by atoms with Crippen LogP contribution >= 0.6 is 0 Å². The highest BCUT2D eigenvalue weighted by Crippen LogP contribution is 2.23. The number of benzene rings is 2. The van der Waals surface area contributed by atoms with E-state index in [1.807, 2.05) is 54.7 Å². The number of urea groups is 1. The Bertz CT molecular complexity index is 1180. The number of amides is 2. The van der Waals surface area contributed by atoms with Crippen LogP contribution in [0.25, 0.3) is 21.8 Å². The van der Waals surface area contributed by atoms with Crippen molar-refractivity contribution in [1.82, 2.24) is 9.55 Å². The zero-order valence-corrected chi connectivity index (χ0v) is 15.2. The molecule has 2 aromatic heterocycles. The lowest BCUT2D eigenvalue weighted by Crippen LogP contribution is -2.19. The Labute approximate surface area is 162 Å². The SMILES string of the molecule is N#CCCCn1ccc2cc(NC(=O)Nc3ccnc4ccccc34)ccc21. The van der Waals surface area contributed by atoms with Crippen LogP contribution in [0, 0.1) is 11.3 Å². The molecule has 2 amide bonds. The number of aryl methyl sites for hydroxylation is 1. The van der Waals surface area contributed by atoms with Gasteiger partial charge in [-0.05, 0) is 42.8 Å². The van der Waals surface area contributed by atoms with E-state index in [1.54, 1.807) is 12.3 Å². The highest BCUT2D eigenvalue weighted by Gasteiger charge is 2.08. The fraction of sp³-hybridized carbons (Fsp3) is 0.136. The Balaban J connectivity index is 1.48. The van der Waals surface area contributed by atoms with Gasteiger partial charge < -0.3 is 15.2 Å². The third-order valence-corrected chi connectivity index (χ3v) is 4.61. The Kier molecular flexibility index (Phi) is 4.89. The standard InChI is InChI=1S/C22H19N5O/c23-11-3-4-13-27-14-10-16-15-17(7-8-21(16)27)25-22(28)26-20-9-12-24-19-6-2-1-5-18(19)20/h1-2,5-10,12,14-15H,3-4,13H2,(H2,24,25,26,28). The van der Waals surface area contributed by atoms with Gasteiger partial charge in [-0.25, -0.2) is 4.79 Å². The van der Waals surface area contributed by atoms with Gasteiger partial charge >= 0.3 is 6.03 Å². The average molecular weight is 369 g/mol. The molecule has 138 valence electrons. The summed E-state index contributed by atoms with van der Waals surface area (Å²) in [5.41, 5.74) is 3.36. The summed E-state index contributed by atoms with van der Waals surface area (Å²) < 4.78 is 2.12. The van der Waals surface area contributed by atoms with E-state index in [-0.39, 0.29) is 6.03 Å². The first kappa shape index (κ1) is 17.6. The molecule has 4 rings (SSSR count). The second kappa shape index (κ2) is 7.80. The maximum atomic E-state index is 12.5. The highest BCUT2D eigenvalue weighted by molar-refractivity contribution is 6.06. The van der Waals surface area contributed by atoms with Gasteiger partial charge in [0, 0.05) is 47.3 Å². The van der Waals surface area contributed by atoms with Gasteiger partial charge in [-0.15, -0.1) is 0 Å². The molecular weight excluding hydrogens is 350 g/mol. The number of nitrogens with zero attached hydrogens (tertiary/aromatic N) is 3. The Hall–Kier alpha value is -3.85. The van der Waals surface area contributed by atoms with Crippen LogP contribution in [-0.4, -0.2) is 15.6 Å². The van der Waals surface area contributed by atoms with E-state index in [9.17, 15) is 4.79 Å². The average Bonchev–Trinajstić information content (AvgIpc) is 3.11. The molecule has 0 aliphatic rings. The monoisotopic (exact) mass is 369 g/mol. The minimum atomic E-state index is -0.302. The normalized spacial score (nSPS) is 10.7. The summed E-state index contributed by atoms with van der Waals surface area (Å²) in [6.07, 6.45) is 5.06. The molecule has 0 atom stereocenters. The minimum absolute atomic E-state index is 0.302. The molecule has 2 heterocycles. The highest BCUT2D eigenvalue weighted by atomic mass is 16.2. The van der Waals surface area contributed by atoms with Crippen LogP contribution in [0.15, 0.2) is 67.0 Å². The van der Waals surface area contributed by atoms with Crippen molar-refractivity contribution in [2.45, 2.75) is 19.4 Å². The molecule has 0 fully saturated rings. The number of nitriles is 1. The number of rotatable bonds is 5. The van der Waals surface area contributed by atoms with Gasteiger partial charge in [-0.2, -0.15) is 5.26 Å². The number of carbonyl (C=O) groups excluding carboxylic acids is 1. The van der Waals surface area contributed by atoms with E-state index in [0.29, 0.717) is 12.1 Å². The first-order valence-corrected chi connectivity index (χ1v) is 9.12. The lowest BCUT2D eigenvalue weighted by Gasteiger charge is -2.10. The molecule has 0 aliphatic heterocycles. The maximum Gasteiger partial charge on any atom is 0.323 e. The summed E-state index contributed by atoms with van der Waals surface area (Å²) in [6.45, 7) is 0.805. The van der Waals surface area contributed by atoms with Crippen molar-refractivity contribution in [3.63, 3.8) is 0 Å². The fourth-order valence-corrected chi connectivity index (χ4v) is 3.29. The number of fused-ring (bicyclic) bond motifs is 2. The first-order chi connectivity index (χ1) is 13.7. The van der Waals surface area contributed by atoms with Crippen molar-refractivity contribution in [3.05, 3.63) is 67.0 Å². The van der Waals surface area contributed by atoms with E-state index in [0.717, 1.165) is 40.5 Å². The second-order valence-electron chi connectivity index (χ2n) is 6.50. The van der Waals surface area contributed by atoms with Gasteiger partial charge in [0.15, 0.2) is 0 Å². The molecule has 4 aromatic rings. The zero-order valence-electron chi connectivity index (χ0n) is 15.2. The molecule has 28 heavy (non-hydrogen) atoms. The molecule has 0 spiro atoms. The predicted octanol–water partition coefficient (Wildman–Crippen LogP) is 5.14. The van der Waals surface area contributed by atoms with Crippen LogP contribution < -0.4 is 10.6 Å². The number of hydrogen-bond acceptors (Lipinski definition) is 3. The number of aromatic nitrogens is 2. The number of hydrogen-bond donors (Lipinski definition) is 2. The smallest absolute Gasteiger partial charge is 0.323 e. The molecule has 2 aromatic carbocycles. The van der Waals surface area contributed by atoms with Gasteiger partial charge in [-0.1, -0.05) is 18.2 Å². The van der Waals surface area contributed by atoms with Crippen molar-refractivity contribution in [1.29, 1.82) is 5.26 Å². The molecule has 0 unspecified atom stereocenters. The van der Waals surface area contributed by atoms with E-state index in [4.69, 9.17) is 5.26 Å². The maximum absolute atomic E-state index is 12.5. The number of carbonyl (C=O) groups is 1. The summed E-state index contributed by atoms with van der Waals surface area (Å²) >= 11 is 0. The number of anilines is 2. The largest absolute Gasteiger partial charge is 0.347 e. The zero-order chi connectivity index (χ0) is 19.3. The summed E-state index contributed by atoms with van der Waals surface area (Å²) in [5.74, 6) is 0. The predicted molar refractivity (Wildman–Crippen MR) is 111 cm³/mol. The molecule has 0 bridgehead atoms. The number of para-hydroxylation sites is 1. The van der Waals surface area contributed by atoms with Crippen molar-refractivity contribution < 1.29 is 4.79 Å².